The molecule has 0 bridgehead atoms. The summed E-state index contributed by atoms with van der Waals surface area (Å²) >= 11 is 0. The molecular formula is C13H30N2. The van der Waals surface area contributed by atoms with Gasteiger partial charge in [0.1, 0.15) is 0 Å². The van der Waals surface area contributed by atoms with Crippen LogP contribution >= 0.6 is 0 Å². The lowest BCUT2D eigenvalue weighted by Crippen LogP contribution is -2.34. The van der Waals surface area contributed by atoms with E-state index >= 15 is 0 Å². The fourth-order valence-electron chi connectivity index (χ4n) is 2.00. The average Bonchev–Trinajstić information content (AvgIpc) is 2.24. The molecule has 2 atom stereocenters. The average molecular weight is 214 g/mol. The Labute approximate surface area is 96.4 Å². The molecular weight excluding hydrogens is 184 g/mol. The van der Waals surface area contributed by atoms with Crippen LogP contribution in [-0.4, -0.2) is 36.6 Å². The van der Waals surface area contributed by atoms with Gasteiger partial charge in [0.2, 0.25) is 0 Å². The summed E-state index contributed by atoms with van der Waals surface area (Å²) in [5.74, 6) is 0. The van der Waals surface area contributed by atoms with Gasteiger partial charge in [-0.2, -0.15) is 0 Å². The molecule has 0 rings (SSSR count). The zero-order chi connectivity index (χ0) is 11.7. The summed E-state index contributed by atoms with van der Waals surface area (Å²) < 4.78 is 0. The van der Waals surface area contributed by atoms with Crippen LogP contribution in [0.2, 0.25) is 0 Å². The third-order valence-corrected chi connectivity index (χ3v) is 3.26. The summed E-state index contributed by atoms with van der Waals surface area (Å²) in [6.45, 7) is 14.8. The highest BCUT2D eigenvalue weighted by Gasteiger charge is 2.09. The van der Waals surface area contributed by atoms with Gasteiger partial charge in [-0.05, 0) is 52.7 Å². The molecule has 0 aromatic rings. The minimum atomic E-state index is 0.672. The van der Waals surface area contributed by atoms with E-state index in [2.05, 4.69) is 44.8 Å². The number of rotatable bonds is 9. The Kier molecular flexibility index (Phi) is 9.12. The molecule has 15 heavy (non-hydrogen) atoms. The molecule has 0 spiro atoms. The molecule has 1 N–H and O–H groups in total. The van der Waals surface area contributed by atoms with E-state index in [0.717, 1.165) is 12.6 Å². The molecule has 0 fully saturated rings. The monoisotopic (exact) mass is 214 g/mol. The van der Waals surface area contributed by atoms with Crippen molar-refractivity contribution < 1.29 is 0 Å². The smallest absolute Gasteiger partial charge is 0.00641 e. The maximum absolute atomic E-state index is 3.46. The number of nitrogens with zero attached hydrogens (tertiary/aromatic N) is 1. The highest BCUT2D eigenvalue weighted by Crippen LogP contribution is 2.06. The van der Waals surface area contributed by atoms with E-state index in [-0.39, 0.29) is 0 Å². The van der Waals surface area contributed by atoms with Gasteiger partial charge in [0.05, 0.1) is 0 Å². The van der Waals surface area contributed by atoms with Gasteiger partial charge in [-0.25, -0.2) is 0 Å². The second kappa shape index (κ2) is 9.17. The summed E-state index contributed by atoms with van der Waals surface area (Å²) in [5, 5.41) is 3.46. The van der Waals surface area contributed by atoms with Crippen LogP contribution in [0, 0.1) is 0 Å². The minimum Gasteiger partial charge on any atom is -0.315 e. The molecule has 2 heteroatoms. The van der Waals surface area contributed by atoms with Gasteiger partial charge in [-0.3, -0.25) is 0 Å². The molecule has 0 aliphatic carbocycles. The SMILES string of the molecule is CCNC(C)CCCN(CC)C(C)CC. The van der Waals surface area contributed by atoms with Gasteiger partial charge >= 0.3 is 0 Å². The highest BCUT2D eigenvalue weighted by atomic mass is 15.1. The fraction of sp³-hybridized carbons (Fsp3) is 1.00. The summed E-state index contributed by atoms with van der Waals surface area (Å²) in [4.78, 5) is 2.58. The zero-order valence-electron chi connectivity index (χ0n) is 11.3. The molecule has 0 aromatic heterocycles. The van der Waals surface area contributed by atoms with Gasteiger partial charge in [-0.15, -0.1) is 0 Å². The van der Waals surface area contributed by atoms with E-state index in [1.165, 1.54) is 32.4 Å². The third-order valence-electron chi connectivity index (χ3n) is 3.26. The lowest BCUT2D eigenvalue weighted by Gasteiger charge is -2.27. The van der Waals surface area contributed by atoms with Gasteiger partial charge in [0.25, 0.3) is 0 Å². The summed E-state index contributed by atoms with van der Waals surface area (Å²) in [7, 11) is 0. The second-order valence-corrected chi connectivity index (χ2v) is 4.49. The molecule has 92 valence electrons. The largest absolute Gasteiger partial charge is 0.315 e. The van der Waals surface area contributed by atoms with Crippen molar-refractivity contribution in [3.8, 4) is 0 Å². The molecule has 0 amide bonds. The van der Waals surface area contributed by atoms with Crippen LogP contribution in [0.1, 0.15) is 53.9 Å². The van der Waals surface area contributed by atoms with Crippen LogP contribution in [0.4, 0.5) is 0 Å². The molecule has 0 aliphatic heterocycles. The highest BCUT2D eigenvalue weighted by molar-refractivity contribution is 4.66. The van der Waals surface area contributed by atoms with E-state index in [1.54, 1.807) is 0 Å². The Morgan fingerprint density at radius 1 is 1.13 bits per heavy atom. The molecule has 0 radical (unpaired) electrons. The van der Waals surface area contributed by atoms with Gasteiger partial charge in [-0.1, -0.05) is 20.8 Å². The van der Waals surface area contributed by atoms with Crippen LogP contribution in [0.15, 0.2) is 0 Å². The normalized spacial score (nSPS) is 15.6. The Balaban J connectivity index is 3.62. The van der Waals surface area contributed by atoms with Crippen molar-refractivity contribution in [2.75, 3.05) is 19.6 Å². The Morgan fingerprint density at radius 3 is 2.27 bits per heavy atom. The first kappa shape index (κ1) is 14.9. The first-order chi connectivity index (χ1) is 7.15. The van der Waals surface area contributed by atoms with E-state index in [4.69, 9.17) is 0 Å². The van der Waals surface area contributed by atoms with E-state index in [9.17, 15) is 0 Å². The predicted molar refractivity (Wildman–Crippen MR) is 69.4 cm³/mol. The van der Waals surface area contributed by atoms with Crippen molar-refractivity contribution in [3.63, 3.8) is 0 Å². The first-order valence-electron chi connectivity index (χ1n) is 6.63. The quantitative estimate of drug-likeness (QED) is 0.635. The van der Waals surface area contributed by atoms with Crippen LogP contribution in [0.25, 0.3) is 0 Å². The molecule has 0 aromatic carbocycles. The van der Waals surface area contributed by atoms with Gasteiger partial charge < -0.3 is 10.2 Å². The van der Waals surface area contributed by atoms with Gasteiger partial charge in [0.15, 0.2) is 0 Å². The Bertz CT molecular complexity index is 136. The number of hydrogen-bond acceptors (Lipinski definition) is 2. The second-order valence-electron chi connectivity index (χ2n) is 4.49. The molecule has 2 unspecified atom stereocenters. The topological polar surface area (TPSA) is 15.3 Å². The zero-order valence-corrected chi connectivity index (χ0v) is 11.3. The maximum atomic E-state index is 3.46. The van der Waals surface area contributed by atoms with Crippen molar-refractivity contribution in [1.29, 1.82) is 0 Å². The lowest BCUT2D eigenvalue weighted by molar-refractivity contribution is 0.208. The van der Waals surface area contributed by atoms with Crippen molar-refractivity contribution >= 4 is 0 Å². The van der Waals surface area contributed by atoms with Crippen LogP contribution in [-0.2, 0) is 0 Å². The summed E-state index contributed by atoms with van der Waals surface area (Å²) in [5.41, 5.74) is 0. The number of hydrogen-bond donors (Lipinski definition) is 1. The minimum absolute atomic E-state index is 0.672. The molecule has 0 aliphatic rings. The molecule has 0 heterocycles. The Hall–Kier alpha value is -0.0800. The van der Waals surface area contributed by atoms with Crippen molar-refractivity contribution in [1.82, 2.24) is 10.2 Å². The van der Waals surface area contributed by atoms with E-state index in [0.29, 0.717) is 6.04 Å². The van der Waals surface area contributed by atoms with E-state index in [1.807, 2.05) is 0 Å². The fourth-order valence-corrected chi connectivity index (χ4v) is 2.00. The van der Waals surface area contributed by atoms with Crippen LogP contribution < -0.4 is 5.32 Å². The summed E-state index contributed by atoms with van der Waals surface area (Å²) in [6, 6.07) is 1.41. The molecule has 2 nitrogen and oxygen atoms in total. The van der Waals surface area contributed by atoms with Gasteiger partial charge in [0, 0.05) is 12.1 Å². The van der Waals surface area contributed by atoms with Crippen LogP contribution in [0.3, 0.4) is 0 Å². The van der Waals surface area contributed by atoms with Crippen LogP contribution in [0.5, 0.6) is 0 Å². The lowest BCUT2D eigenvalue weighted by atomic mass is 10.1. The third kappa shape index (κ3) is 6.91. The molecule has 0 saturated carbocycles. The Morgan fingerprint density at radius 2 is 1.80 bits per heavy atom. The predicted octanol–water partition coefficient (Wildman–Crippen LogP) is 2.89. The van der Waals surface area contributed by atoms with E-state index < -0.39 is 0 Å². The molecule has 0 saturated heterocycles. The first-order valence-corrected chi connectivity index (χ1v) is 6.63. The van der Waals surface area contributed by atoms with Crippen molar-refractivity contribution in [2.45, 2.75) is 66.0 Å². The standard InChI is InChI=1S/C13H30N2/c1-6-13(5)15(8-3)11-9-10-12(4)14-7-2/h12-14H,6-11H2,1-5H3. The van der Waals surface area contributed by atoms with Crippen molar-refractivity contribution in [2.24, 2.45) is 0 Å². The maximum Gasteiger partial charge on any atom is 0.00641 e. The number of nitrogens with one attached hydrogen (secondary N) is 1. The summed E-state index contributed by atoms with van der Waals surface area (Å²) in [6.07, 6.45) is 3.86. The van der Waals surface area contributed by atoms with Crippen molar-refractivity contribution in [3.05, 3.63) is 0 Å².